The molecule has 4 heteroatoms. The minimum absolute atomic E-state index is 0.215. The van der Waals surface area contributed by atoms with E-state index in [1.54, 1.807) is 25.1 Å². The smallest absolute Gasteiger partial charge is 0.335 e. The lowest BCUT2D eigenvalue weighted by Crippen LogP contribution is -2.00. The Bertz CT molecular complexity index is 638. The van der Waals surface area contributed by atoms with Crippen LogP contribution in [0.2, 0.25) is 0 Å². The first-order chi connectivity index (χ1) is 8.97. The molecular formula is C15H14FNO2. The van der Waals surface area contributed by atoms with Gasteiger partial charge in [-0.05, 0) is 55.3 Å². The lowest BCUT2D eigenvalue weighted by atomic mass is 10.1. The zero-order valence-corrected chi connectivity index (χ0v) is 10.7. The number of hydrogen-bond donors (Lipinski definition) is 2. The van der Waals surface area contributed by atoms with Gasteiger partial charge in [-0.2, -0.15) is 0 Å². The first-order valence-electron chi connectivity index (χ1n) is 5.84. The van der Waals surface area contributed by atoms with Gasteiger partial charge in [0.1, 0.15) is 5.82 Å². The van der Waals surface area contributed by atoms with E-state index in [1.165, 1.54) is 12.1 Å². The van der Waals surface area contributed by atoms with Crippen molar-refractivity contribution in [3.8, 4) is 0 Å². The third kappa shape index (κ3) is 2.91. The molecule has 0 spiro atoms. The molecule has 0 saturated heterocycles. The molecule has 2 aromatic carbocycles. The van der Waals surface area contributed by atoms with Gasteiger partial charge in [-0.3, -0.25) is 0 Å². The van der Waals surface area contributed by atoms with Gasteiger partial charge in [-0.1, -0.05) is 6.07 Å². The molecule has 0 aliphatic rings. The molecule has 0 bridgehead atoms. The second kappa shape index (κ2) is 5.10. The monoisotopic (exact) mass is 259 g/mol. The van der Waals surface area contributed by atoms with Gasteiger partial charge in [0.25, 0.3) is 0 Å². The summed E-state index contributed by atoms with van der Waals surface area (Å²) in [5.74, 6) is -1.31. The van der Waals surface area contributed by atoms with Crippen molar-refractivity contribution < 1.29 is 14.3 Å². The van der Waals surface area contributed by atoms with Gasteiger partial charge in [0, 0.05) is 5.69 Å². The van der Waals surface area contributed by atoms with E-state index in [4.69, 9.17) is 5.11 Å². The van der Waals surface area contributed by atoms with Crippen molar-refractivity contribution in [3.05, 3.63) is 58.9 Å². The lowest BCUT2D eigenvalue weighted by Gasteiger charge is -2.11. The highest BCUT2D eigenvalue weighted by atomic mass is 19.1. The highest BCUT2D eigenvalue weighted by Gasteiger charge is 2.08. The van der Waals surface area contributed by atoms with E-state index in [2.05, 4.69) is 5.32 Å². The van der Waals surface area contributed by atoms with Crippen LogP contribution in [-0.4, -0.2) is 11.1 Å². The van der Waals surface area contributed by atoms with E-state index >= 15 is 0 Å². The molecule has 0 amide bonds. The van der Waals surface area contributed by atoms with E-state index < -0.39 is 5.97 Å². The molecule has 0 atom stereocenters. The number of halogens is 1. The van der Waals surface area contributed by atoms with E-state index in [0.717, 1.165) is 11.1 Å². The number of carboxylic acids is 1. The van der Waals surface area contributed by atoms with Crippen LogP contribution in [0.4, 0.5) is 15.8 Å². The summed E-state index contributed by atoms with van der Waals surface area (Å²) in [5, 5.41) is 11.9. The maximum atomic E-state index is 13.7. The van der Waals surface area contributed by atoms with E-state index in [0.29, 0.717) is 11.4 Å². The van der Waals surface area contributed by atoms with Gasteiger partial charge in [-0.25, -0.2) is 9.18 Å². The molecule has 0 unspecified atom stereocenters. The molecule has 0 heterocycles. The summed E-state index contributed by atoms with van der Waals surface area (Å²) in [4.78, 5) is 10.8. The second-order valence-corrected chi connectivity index (χ2v) is 4.44. The Balaban J connectivity index is 2.31. The molecular weight excluding hydrogens is 245 g/mol. The molecule has 2 rings (SSSR count). The molecule has 0 fully saturated rings. The number of aryl methyl sites for hydroxylation is 2. The van der Waals surface area contributed by atoms with Gasteiger partial charge in [0.15, 0.2) is 0 Å². The van der Waals surface area contributed by atoms with Crippen molar-refractivity contribution in [1.82, 2.24) is 0 Å². The number of carbonyl (C=O) groups is 1. The second-order valence-electron chi connectivity index (χ2n) is 4.44. The van der Waals surface area contributed by atoms with E-state index in [9.17, 15) is 9.18 Å². The summed E-state index contributed by atoms with van der Waals surface area (Å²) in [6.45, 7) is 3.60. The van der Waals surface area contributed by atoms with Crippen LogP contribution in [0.15, 0.2) is 36.4 Å². The normalized spacial score (nSPS) is 10.3. The van der Waals surface area contributed by atoms with Crippen LogP contribution in [0, 0.1) is 19.7 Å². The number of carboxylic acid groups (broad SMARTS) is 1. The van der Waals surface area contributed by atoms with Gasteiger partial charge < -0.3 is 10.4 Å². The van der Waals surface area contributed by atoms with Crippen molar-refractivity contribution in [3.63, 3.8) is 0 Å². The zero-order valence-electron chi connectivity index (χ0n) is 10.7. The Labute approximate surface area is 110 Å². The Hall–Kier alpha value is -2.36. The molecule has 2 aromatic rings. The largest absolute Gasteiger partial charge is 0.478 e. The lowest BCUT2D eigenvalue weighted by molar-refractivity contribution is 0.0697. The summed E-state index contributed by atoms with van der Waals surface area (Å²) in [5.41, 5.74) is 2.87. The number of rotatable bonds is 3. The van der Waals surface area contributed by atoms with Crippen LogP contribution < -0.4 is 5.32 Å². The maximum absolute atomic E-state index is 13.7. The number of aromatic carboxylic acids is 1. The first-order valence-corrected chi connectivity index (χ1v) is 5.84. The maximum Gasteiger partial charge on any atom is 0.335 e. The van der Waals surface area contributed by atoms with Crippen LogP contribution in [0.3, 0.4) is 0 Å². The van der Waals surface area contributed by atoms with Crippen LogP contribution >= 0.6 is 0 Å². The Kier molecular flexibility index (Phi) is 3.51. The van der Waals surface area contributed by atoms with Gasteiger partial charge >= 0.3 is 5.97 Å². The summed E-state index contributed by atoms with van der Waals surface area (Å²) >= 11 is 0. The molecule has 2 N–H and O–H groups in total. The zero-order chi connectivity index (χ0) is 14.0. The predicted molar refractivity (Wildman–Crippen MR) is 72.6 cm³/mol. The fourth-order valence-electron chi connectivity index (χ4n) is 1.80. The van der Waals surface area contributed by atoms with Crippen molar-refractivity contribution in [1.29, 1.82) is 0 Å². The summed E-state index contributed by atoms with van der Waals surface area (Å²) < 4.78 is 13.7. The van der Waals surface area contributed by atoms with Crippen LogP contribution in [0.25, 0.3) is 0 Å². The van der Waals surface area contributed by atoms with Crippen molar-refractivity contribution in [2.75, 3.05) is 5.32 Å². The van der Waals surface area contributed by atoms with Crippen molar-refractivity contribution >= 4 is 17.3 Å². The SMILES string of the molecule is Cc1ccc(Nc2ccc(C(=O)O)cc2C)c(F)c1. The number of hydrogen-bond acceptors (Lipinski definition) is 2. The van der Waals surface area contributed by atoms with Gasteiger partial charge in [0.2, 0.25) is 0 Å². The third-order valence-electron chi connectivity index (χ3n) is 2.87. The Morgan fingerprint density at radius 2 is 1.79 bits per heavy atom. The number of anilines is 2. The van der Waals surface area contributed by atoms with E-state index in [1.807, 2.05) is 13.0 Å². The topological polar surface area (TPSA) is 49.3 Å². The first kappa shape index (κ1) is 13.1. The Morgan fingerprint density at radius 3 is 2.37 bits per heavy atom. The summed E-state index contributed by atoms with van der Waals surface area (Å²) in [6.07, 6.45) is 0. The van der Waals surface area contributed by atoms with Gasteiger partial charge in [0.05, 0.1) is 11.3 Å². The number of nitrogens with one attached hydrogen (secondary N) is 1. The van der Waals surface area contributed by atoms with E-state index in [-0.39, 0.29) is 11.4 Å². The minimum Gasteiger partial charge on any atom is -0.478 e. The van der Waals surface area contributed by atoms with Gasteiger partial charge in [-0.15, -0.1) is 0 Å². The van der Waals surface area contributed by atoms with Crippen molar-refractivity contribution in [2.45, 2.75) is 13.8 Å². The average Bonchev–Trinajstić information content (AvgIpc) is 2.34. The third-order valence-corrected chi connectivity index (χ3v) is 2.87. The molecule has 0 aromatic heterocycles. The van der Waals surface area contributed by atoms with Crippen LogP contribution in [-0.2, 0) is 0 Å². The van der Waals surface area contributed by atoms with Crippen molar-refractivity contribution in [2.24, 2.45) is 0 Å². The Morgan fingerprint density at radius 1 is 1.11 bits per heavy atom. The molecule has 3 nitrogen and oxygen atoms in total. The minimum atomic E-state index is -0.976. The van der Waals surface area contributed by atoms with Crippen LogP contribution in [0.1, 0.15) is 21.5 Å². The fraction of sp³-hybridized carbons (Fsp3) is 0.133. The van der Waals surface area contributed by atoms with Crippen LogP contribution in [0.5, 0.6) is 0 Å². The predicted octanol–water partition coefficient (Wildman–Crippen LogP) is 3.88. The quantitative estimate of drug-likeness (QED) is 0.879. The summed E-state index contributed by atoms with van der Waals surface area (Å²) in [7, 11) is 0. The highest BCUT2D eigenvalue weighted by molar-refractivity contribution is 5.88. The summed E-state index contributed by atoms with van der Waals surface area (Å²) in [6, 6.07) is 9.60. The molecule has 0 radical (unpaired) electrons. The molecule has 98 valence electrons. The molecule has 19 heavy (non-hydrogen) atoms. The average molecular weight is 259 g/mol. The number of benzene rings is 2. The molecule has 0 aliphatic heterocycles. The highest BCUT2D eigenvalue weighted by Crippen LogP contribution is 2.24. The standard InChI is InChI=1S/C15H14FNO2/c1-9-3-5-14(12(16)7-9)17-13-6-4-11(15(18)19)8-10(13)2/h3-8,17H,1-2H3,(H,18,19). The molecule has 0 aliphatic carbocycles. The fourth-order valence-corrected chi connectivity index (χ4v) is 1.80. The molecule has 0 saturated carbocycles.